The SMILES string of the molecule is COC[C@H]1OC(=O)c2coc3c2[C@@]1(C)C1=C(C3=O)C2CC[C@H](OC=O)[C@@]2(C)C[C@H]1OC(C)=O. The molecule has 1 saturated carbocycles. The third-order valence-corrected chi connectivity index (χ3v) is 8.11. The molecule has 0 bridgehead atoms. The summed E-state index contributed by atoms with van der Waals surface area (Å²) in [5, 5.41) is 0. The van der Waals surface area contributed by atoms with E-state index < -0.39 is 41.1 Å². The van der Waals surface area contributed by atoms with Crippen molar-refractivity contribution < 1.29 is 42.5 Å². The monoisotopic (exact) mass is 458 g/mol. The molecule has 9 nitrogen and oxygen atoms in total. The van der Waals surface area contributed by atoms with E-state index >= 15 is 0 Å². The van der Waals surface area contributed by atoms with E-state index in [9.17, 15) is 19.2 Å². The molecule has 0 spiro atoms. The van der Waals surface area contributed by atoms with Gasteiger partial charge in [0.2, 0.25) is 5.78 Å². The van der Waals surface area contributed by atoms with Crippen molar-refractivity contribution in [3.63, 3.8) is 0 Å². The Hall–Kier alpha value is -2.94. The molecular weight excluding hydrogens is 432 g/mol. The highest BCUT2D eigenvalue weighted by atomic mass is 16.6. The number of Topliss-reactive ketones (excluding diaryl/α,β-unsaturated/α-hetero) is 1. The molecule has 0 saturated heterocycles. The van der Waals surface area contributed by atoms with Crippen LogP contribution >= 0.6 is 0 Å². The predicted molar refractivity (Wildman–Crippen MR) is 110 cm³/mol. The van der Waals surface area contributed by atoms with Crippen LogP contribution in [-0.4, -0.2) is 56.2 Å². The van der Waals surface area contributed by atoms with E-state index in [4.69, 9.17) is 23.4 Å². The van der Waals surface area contributed by atoms with E-state index in [1.54, 1.807) is 0 Å². The molecule has 1 fully saturated rings. The first-order valence-corrected chi connectivity index (χ1v) is 11.1. The Morgan fingerprint density at radius 3 is 2.70 bits per heavy atom. The van der Waals surface area contributed by atoms with Crippen molar-refractivity contribution in [3.8, 4) is 0 Å². The molecule has 1 unspecified atom stereocenters. The Bertz CT molecular complexity index is 1100. The van der Waals surface area contributed by atoms with Crippen molar-refractivity contribution in [2.45, 2.75) is 63.8 Å². The number of ketones is 1. The molecule has 0 aromatic carbocycles. The summed E-state index contributed by atoms with van der Waals surface area (Å²) in [6, 6.07) is 0. The molecule has 1 aliphatic heterocycles. The van der Waals surface area contributed by atoms with Crippen molar-refractivity contribution in [2.75, 3.05) is 13.7 Å². The van der Waals surface area contributed by atoms with Gasteiger partial charge >= 0.3 is 11.9 Å². The summed E-state index contributed by atoms with van der Waals surface area (Å²) < 4.78 is 28.0. The number of rotatable bonds is 5. The number of methoxy groups -OCH3 is 1. The van der Waals surface area contributed by atoms with Gasteiger partial charge < -0.3 is 23.4 Å². The quantitative estimate of drug-likeness (QED) is 0.372. The van der Waals surface area contributed by atoms with Gasteiger partial charge in [0, 0.05) is 30.6 Å². The molecule has 5 rings (SSSR count). The predicted octanol–water partition coefficient (Wildman–Crippen LogP) is 2.51. The molecule has 1 aromatic heterocycles. The topological polar surface area (TPSA) is 118 Å². The Morgan fingerprint density at radius 1 is 1.27 bits per heavy atom. The summed E-state index contributed by atoms with van der Waals surface area (Å²) in [5.41, 5.74) is 0.187. The zero-order valence-electron chi connectivity index (χ0n) is 19.0. The second kappa shape index (κ2) is 7.28. The molecule has 6 atom stereocenters. The number of furan rings is 1. The van der Waals surface area contributed by atoms with Gasteiger partial charge in [-0.25, -0.2) is 4.79 Å². The Morgan fingerprint density at radius 2 is 2.03 bits per heavy atom. The maximum Gasteiger partial charge on any atom is 0.342 e. The summed E-state index contributed by atoms with van der Waals surface area (Å²) in [7, 11) is 1.51. The van der Waals surface area contributed by atoms with Crippen LogP contribution in [0.25, 0.3) is 0 Å². The molecule has 33 heavy (non-hydrogen) atoms. The first kappa shape index (κ1) is 21.9. The number of esters is 2. The highest BCUT2D eigenvalue weighted by molar-refractivity contribution is 6.13. The molecule has 0 N–H and O–H groups in total. The first-order valence-electron chi connectivity index (χ1n) is 11.1. The molecule has 176 valence electrons. The van der Waals surface area contributed by atoms with Crippen LogP contribution in [0.5, 0.6) is 0 Å². The fourth-order valence-electron chi connectivity index (χ4n) is 6.74. The lowest BCUT2D eigenvalue weighted by Gasteiger charge is -2.52. The minimum Gasteiger partial charge on any atom is -0.464 e. The van der Waals surface area contributed by atoms with Gasteiger partial charge in [0.05, 0.1) is 12.0 Å². The third kappa shape index (κ3) is 2.74. The normalized spacial score (nSPS) is 36.5. The van der Waals surface area contributed by atoms with Crippen LogP contribution in [0, 0.1) is 11.3 Å². The Kier molecular flexibility index (Phi) is 4.83. The average Bonchev–Trinajstić information content (AvgIpc) is 3.33. The number of carbonyl (C=O) groups excluding carboxylic acids is 4. The molecule has 0 amide bonds. The van der Waals surface area contributed by atoms with Gasteiger partial charge in [-0.15, -0.1) is 0 Å². The fraction of sp³-hybridized carbons (Fsp3) is 0.583. The average molecular weight is 458 g/mol. The fourth-order valence-corrected chi connectivity index (χ4v) is 6.74. The van der Waals surface area contributed by atoms with E-state index in [1.807, 2.05) is 13.8 Å². The smallest absolute Gasteiger partial charge is 0.342 e. The van der Waals surface area contributed by atoms with Crippen LogP contribution in [0.3, 0.4) is 0 Å². The number of allylic oxidation sites excluding steroid dienone is 1. The Labute approximate surface area is 190 Å². The van der Waals surface area contributed by atoms with E-state index in [2.05, 4.69) is 0 Å². The molecule has 0 radical (unpaired) electrons. The summed E-state index contributed by atoms with van der Waals surface area (Å²) in [5.74, 6) is -1.54. The van der Waals surface area contributed by atoms with Crippen molar-refractivity contribution in [3.05, 3.63) is 34.3 Å². The number of hydrogen-bond donors (Lipinski definition) is 0. The highest BCUT2D eigenvalue weighted by Gasteiger charge is 2.64. The second-order valence-corrected chi connectivity index (χ2v) is 9.72. The van der Waals surface area contributed by atoms with Gasteiger partial charge in [0.15, 0.2) is 5.76 Å². The van der Waals surface area contributed by atoms with Crippen molar-refractivity contribution in [1.29, 1.82) is 0 Å². The molecule has 2 heterocycles. The first-order chi connectivity index (χ1) is 15.7. The van der Waals surface area contributed by atoms with Crippen LogP contribution in [0.1, 0.15) is 66.5 Å². The third-order valence-electron chi connectivity index (χ3n) is 8.11. The lowest BCUT2D eigenvalue weighted by Crippen LogP contribution is -2.57. The van der Waals surface area contributed by atoms with Gasteiger partial charge in [-0.05, 0) is 37.7 Å². The second-order valence-electron chi connectivity index (χ2n) is 9.72. The number of fused-ring (bicyclic) bond motifs is 3. The summed E-state index contributed by atoms with van der Waals surface area (Å²) in [6.07, 6.45) is 0.907. The van der Waals surface area contributed by atoms with Crippen LogP contribution in [0.2, 0.25) is 0 Å². The largest absolute Gasteiger partial charge is 0.464 e. The van der Waals surface area contributed by atoms with E-state index in [0.29, 0.717) is 42.4 Å². The van der Waals surface area contributed by atoms with Crippen molar-refractivity contribution >= 4 is 24.2 Å². The van der Waals surface area contributed by atoms with E-state index in [-0.39, 0.29) is 29.6 Å². The van der Waals surface area contributed by atoms with Gasteiger partial charge in [0.1, 0.15) is 30.1 Å². The standard InChI is InChI=1S/C24H26O9/c1-11(26)32-14-7-23(2)13(5-6-15(23)31-10-25)17-19(14)24(3)16(9-29-4)33-22(28)12-8-30-21(18(12)24)20(17)27/h8,10,13-16H,5-7,9H2,1-4H3/t13?,14-,15+,16-,23+,24+/m1/s1. The van der Waals surface area contributed by atoms with Gasteiger partial charge in [0.25, 0.3) is 6.47 Å². The molecule has 1 aromatic rings. The lowest BCUT2D eigenvalue weighted by atomic mass is 9.54. The van der Waals surface area contributed by atoms with E-state index in [1.165, 1.54) is 20.3 Å². The maximum atomic E-state index is 13.9. The molecular formula is C24H26O9. The Balaban J connectivity index is 1.78. The lowest BCUT2D eigenvalue weighted by molar-refractivity contribution is -0.152. The minimum absolute atomic E-state index is 0.0862. The van der Waals surface area contributed by atoms with Crippen molar-refractivity contribution in [1.82, 2.24) is 0 Å². The molecule has 4 aliphatic rings. The number of hydrogen-bond acceptors (Lipinski definition) is 9. The summed E-state index contributed by atoms with van der Waals surface area (Å²) in [4.78, 5) is 49.9. The maximum absolute atomic E-state index is 13.9. The van der Waals surface area contributed by atoms with Gasteiger partial charge in [-0.2, -0.15) is 0 Å². The number of carbonyl (C=O) groups is 4. The van der Waals surface area contributed by atoms with Crippen LogP contribution in [-0.2, 0) is 34.0 Å². The number of ether oxygens (including phenoxy) is 4. The number of cyclic esters (lactones) is 1. The zero-order chi connectivity index (χ0) is 23.7. The summed E-state index contributed by atoms with van der Waals surface area (Å²) in [6.45, 7) is 5.68. The van der Waals surface area contributed by atoms with Crippen molar-refractivity contribution in [2.24, 2.45) is 11.3 Å². The minimum atomic E-state index is -0.990. The van der Waals surface area contributed by atoms with Crippen LogP contribution in [0.4, 0.5) is 0 Å². The van der Waals surface area contributed by atoms with Gasteiger partial charge in [-0.3, -0.25) is 14.4 Å². The highest BCUT2D eigenvalue weighted by Crippen LogP contribution is 2.62. The van der Waals surface area contributed by atoms with Crippen LogP contribution < -0.4 is 0 Å². The molecule has 9 heteroatoms. The molecule has 3 aliphatic carbocycles. The van der Waals surface area contributed by atoms with Gasteiger partial charge in [-0.1, -0.05) is 6.92 Å². The zero-order valence-corrected chi connectivity index (χ0v) is 19.0. The summed E-state index contributed by atoms with van der Waals surface area (Å²) >= 11 is 0. The van der Waals surface area contributed by atoms with E-state index in [0.717, 1.165) is 0 Å². The van der Waals surface area contributed by atoms with Crippen LogP contribution in [0.15, 0.2) is 21.8 Å².